The van der Waals surface area contributed by atoms with Gasteiger partial charge in [0.25, 0.3) is 5.91 Å². The average Bonchev–Trinajstić information content (AvgIpc) is 2.76. The second kappa shape index (κ2) is 12.0. The smallest absolute Gasteiger partial charge is 0.261 e. The number of carbonyl (C=O) groups excluding carboxylic acids is 2. The highest BCUT2D eigenvalue weighted by Gasteiger charge is 2.29. The molecule has 0 aliphatic rings. The molecule has 0 aromatic heterocycles. The Balaban J connectivity index is 2.24. The Morgan fingerprint density at radius 1 is 1.03 bits per heavy atom. The molecule has 1 N–H and O–H groups in total. The van der Waals surface area contributed by atoms with Crippen molar-refractivity contribution in [3.05, 3.63) is 63.1 Å². The third kappa shape index (κ3) is 7.09. The fraction of sp³-hybridized carbons (Fsp3) is 0.462. The zero-order valence-electron chi connectivity index (χ0n) is 20.0. The fourth-order valence-corrected chi connectivity index (χ4v) is 3.70. The Bertz CT molecular complexity index is 904. The Morgan fingerprint density at radius 2 is 1.62 bits per heavy atom. The van der Waals surface area contributed by atoms with Crippen LogP contribution in [0.4, 0.5) is 0 Å². The van der Waals surface area contributed by atoms with Crippen molar-refractivity contribution in [1.82, 2.24) is 10.2 Å². The summed E-state index contributed by atoms with van der Waals surface area (Å²) in [5.41, 5.74) is 4.22. The van der Waals surface area contributed by atoms with E-state index < -0.39 is 6.04 Å². The van der Waals surface area contributed by atoms with Gasteiger partial charge in [-0.2, -0.15) is 0 Å². The predicted molar refractivity (Wildman–Crippen MR) is 133 cm³/mol. The van der Waals surface area contributed by atoms with E-state index in [2.05, 4.69) is 21.2 Å². The van der Waals surface area contributed by atoms with E-state index in [1.54, 1.807) is 4.90 Å². The summed E-state index contributed by atoms with van der Waals surface area (Å²) < 4.78 is 6.89. The van der Waals surface area contributed by atoms with Gasteiger partial charge in [-0.3, -0.25) is 9.59 Å². The SMILES string of the molecule is CC[C@@H](C)NC(=O)[C@H](CC)N(Cc1ccc(C)cc1)C(=O)COc1cc(C)c(Br)c(C)c1. The molecule has 2 aromatic carbocycles. The predicted octanol–water partition coefficient (Wildman–Crippen LogP) is 5.48. The maximum Gasteiger partial charge on any atom is 0.261 e. The lowest BCUT2D eigenvalue weighted by Crippen LogP contribution is -2.51. The van der Waals surface area contributed by atoms with Gasteiger partial charge >= 0.3 is 0 Å². The molecule has 2 atom stereocenters. The molecule has 0 radical (unpaired) electrons. The molecule has 5 nitrogen and oxygen atoms in total. The first-order valence-corrected chi connectivity index (χ1v) is 12.0. The summed E-state index contributed by atoms with van der Waals surface area (Å²) in [6.45, 7) is 12.2. The van der Waals surface area contributed by atoms with Gasteiger partial charge in [-0.1, -0.05) is 59.6 Å². The van der Waals surface area contributed by atoms with Crippen molar-refractivity contribution in [2.75, 3.05) is 6.61 Å². The van der Waals surface area contributed by atoms with E-state index in [1.807, 2.05) is 77.9 Å². The van der Waals surface area contributed by atoms with Crippen LogP contribution in [0.2, 0.25) is 0 Å². The second-order valence-electron chi connectivity index (χ2n) is 8.41. The highest BCUT2D eigenvalue weighted by molar-refractivity contribution is 9.10. The zero-order valence-corrected chi connectivity index (χ0v) is 21.6. The molecule has 0 saturated heterocycles. The summed E-state index contributed by atoms with van der Waals surface area (Å²) in [5, 5.41) is 3.03. The summed E-state index contributed by atoms with van der Waals surface area (Å²) in [6, 6.07) is 11.3. The maximum atomic E-state index is 13.3. The topological polar surface area (TPSA) is 58.6 Å². The number of nitrogens with zero attached hydrogens (tertiary/aromatic N) is 1. The summed E-state index contributed by atoms with van der Waals surface area (Å²) >= 11 is 3.55. The van der Waals surface area contributed by atoms with Crippen molar-refractivity contribution in [2.24, 2.45) is 0 Å². The molecular formula is C26H35BrN2O3. The quantitative estimate of drug-likeness (QED) is 0.468. The molecule has 0 aliphatic heterocycles. The fourth-order valence-electron chi connectivity index (χ4n) is 3.47. The molecule has 0 bridgehead atoms. The number of aryl methyl sites for hydroxylation is 3. The number of benzene rings is 2. The van der Waals surface area contributed by atoms with Gasteiger partial charge in [-0.15, -0.1) is 0 Å². The minimum atomic E-state index is -0.560. The van der Waals surface area contributed by atoms with Gasteiger partial charge in [0.1, 0.15) is 11.8 Å². The van der Waals surface area contributed by atoms with Gasteiger partial charge in [0.15, 0.2) is 6.61 Å². The third-order valence-corrected chi connectivity index (χ3v) is 6.88. The van der Waals surface area contributed by atoms with Crippen molar-refractivity contribution in [2.45, 2.75) is 73.0 Å². The molecule has 2 rings (SSSR count). The lowest BCUT2D eigenvalue weighted by atomic mass is 10.1. The minimum absolute atomic E-state index is 0.0536. The standard InChI is InChI=1S/C26H35BrN2O3/c1-7-20(6)28-26(31)23(8-2)29(15-21-11-9-17(3)10-12-21)24(30)16-32-22-13-18(4)25(27)19(5)14-22/h9-14,20,23H,7-8,15-16H2,1-6H3,(H,28,31)/t20-,23+/m1/s1. The molecule has 0 saturated carbocycles. The largest absolute Gasteiger partial charge is 0.484 e. The van der Waals surface area contributed by atoms with E-state index in [1.165, 1.54) is 0 Å². The van der Waals surface area contributed by atoms with Crippen LogP contribution in [-0.2, 0) is 16.1 Å². The van der Waals surface area contributed by atoms with Gasteiger partial charge in [-0.05, 0) is 69.4 Å². The summed E-state index contributed by atoms with van der Waals surface area (Å²) in [6.07, 6.45) is 1.36. The Kier molecular flexibility index (Phi) is 9.76. The van der Waals surface area contributed by atoms with Gasteiger partial charge in [0.2, 0.25) is 5.91 Å². The van der Waals surface area contributed by atoms with Gasteiger partial charge < -0.3 is 15.0 Å². The van der Waals surface area contributed by atoms with E-state index in [-0.39, 0.29) is 24.5 Å². The second-order valence-corrected chi connectivity index (χ2v) is 9.20. The lowest BCUT2D eigenvalue weighted by molar-refractivity contribution is -0.143. The molecule has 2 amide bonds. The molecule has 174 valence electrons. The van der Waals surface area contributed by atoms with Crippen LogP contribution in [0.1, 0.15) is 55.9 Å². The molecule has 2 aromatic rings. The van der Waals surface area contributed by atoms with Crippen molar-refractivity contribution < 1.29 is 14.3 Å². The molecule has 0 heterocycles. The van der Waals surface area contributed by atoms with Crippen LogP contribution < -0.4 is 10.1 Å². The number of nitrogens with one attached hydrogen (secondary N) is 1. The number of carbonyl (C=O) groups is 2. The Hall–Kier alpha value is -2.34. The molecule has 0 fully saturated rings. The van der Waals surface area contributed by atoms with E-state index in [4.69, 9.17) is 4.74 Å². The number of hydrogen-bond acceptors (Lipinski definition) is 3. The third-order valence-electron chi connectivity index (χ3n) is 5.63. The van der Waals surface area contributed by atoms with Crippen molar-refractivity contribution in [3.63, 3.8) is 0 Å². The number of ether oxygens (including phenoxy) is 1. The van der Waals surface area contributed by atoms with Gasteiger partial charge in [-0.25, -0.2) is 0 Å². The molecule has 0 aliphatic carbocycles. The van der Waals surface area contributed by atoms with Crippen LogP contribution >= 0.6 is 15.9 Å². The van der Waals surface area contributed by atoms with Crippen molar-refractivity contribution in [1.29, 1.82) is 0 Å². The summed E-state index contributed by atoms with van der Waals surface area (Å²) in [7, 11) is 0. The highest BCUT2D eigenvalue weighted by atomic mass is 79.9. The van der Waals surface area contributed by atoms with Gasteiger partial charge in [0, 0.05) is 17.1 Å². The summed E-state index contributed by atoms with van der Waals surface area (Å²) in [4.78, 5) is 27.9. The van der Waals surface area contributed by atoms with Crippen LogP contribution in [0, 0.1) is 20.8 Å². The zero-order chi connectivity index (χ0) is 23.8. The summed E-state index contributed by atoms with van der Waals surface area (Å²) in [5.74, 6) is 0.302. The molecule has 32 heavy (non-hydrogen) atoms. The number of halogens is 1. The number of amides is 2. The number of rotatable bonds is 10. The first kappa shape index (κ1) is 25.9. The van der Waals surface area contributed by atoms with Crippen molar-refractivity contribution in [3.8, 4) is 5.75 Å². The van der Waals surface area contributed by atoms with E-state index in [0.717, 1.165) is 33.1 Å². The molecular weight excluding hydrogens is 468 g/mol. The monoisotopic (exact) mass is 502 g/mol. The van der Waals surface area contributed by atoms with Crippen molar-refractivity contribution >= 4 is 27.7 Å². The Labute approximate surface area is 200 Å². The first-order valence-electron chi connectivity index (χ1n) is 11.2. The van der Waals surface area contributed by atoms with E-state index >= 15 is 0 Å². The lowest BCUT2D eigenvalue weighted by Gasteiger charge is -2.31. The van der Waals surface area contributed by atoms with Crippen LogP contribution in [0.25, 0.3) is 0 Å². The van der Waals surface area contributed by atoms with E-state index in [0.29, 0.717) is 18.7 Å². The van der Waals surface area contributed by atoms with E-state index in [9.17, 15) is 9.59 Å². The van der Waals surface area contributed by atoms with Crippen LogP contribution in [0.5, 0.6) is 5.75 Å². The molecule has 0 unspecified atom stereocenters. The minimum Gasteiger partial charge on any atom is -0.484 e. The number of hydrogen-bond donors (Lipinski definition) is 1. The van der Waals surface area contributed by atoms with Crippen LogP contribution in [0.3, 0.4) is 0 Å². The van der Waals surface area contributed by atoms with Crippen LogP contribution in [-0.4, -0.2) is 35.4 Å². The average molecular weight is 503 g/mol. The molecule has 0 spiro atoms. The van der Waals surface area contributed by atoms with Crippen LogP contribution in [0.15, 0.2) is 40.9 Å². The van der Waals surface area contributed by atoms with Gasteiger partial charge in [0.05, 0.1) is 0 Å². The first-order chi connectivity index (χ1) is 15.2. The maximum absolute atomic E-state index is 13.3. The molecule has 6 heteroatoms. The Morgan fingerprint density at radius 3 is 2.16 bits per heavy atom. The normalized spacial score (nSPS) is 12.7. The highest BCUT2D eigenvalue weighted by Crippen LogP contribution is 2.26.